The second kappa shape index (κ2) is 7.53. The number of halogens is 1. The molecule has 118 valence electrons. The van der Waals surface area contributed by atoms with E-state index in [9.17, 15) is 9.18 Å². The molecule has 2 rings (SSSR count). The summed E-state index contributed by atoms with van der Waals surface area (Å²) in [4.78, 5) is 17.7. The molecule has 22 heavy (non-hydrogen) atoms. The minimum atomic E-state index is -0.384. The van der Waals surface area contributed by atoms with Crippen LogP contribution in [0, 0.1) is 5.82 Å². The highest BCUT2D eigenvalue weighted by Crippen LogP contribution is 2.11. The van der Waals surface area contributed by atoms with Crippen LogP contribution in [0.2, 0.25) is 0 Å². The summed E-state index contributed by atoms with van der Waals surface area (Å²) in [6.45, 7) is 2.81. The first kappa shape index (κ1) is 15.9. The molecule has 0 fully saturated rings. The summed E-state index contributed by atoms with van der Waals surface area (Å²) >= 11 is 0. The second-order valence-electron chi connectivity index (χ2n) is 4.97. The van der Waals surface area contributed by atoms with E-state index in [1.807, 2.05) is 0 Å². The molecule has 6 nitrogen and oxygen atoms in total. The van der Waals surface area contributed by atoms with Gasteiger partial charge in [-0.3, -0.25) is 4.79 Å². The highest BCUT2D eigenvalue weighted by atomic mass is 19.1. The summed E-state index contributed by atoms with van der Waals surface area (Å²) in [7, 11) is 1.74. The molecule has 0 aliphatic rings. The zero-order valence-electron chi connectivity index (χ0n) is 12.6. The zero-order chi connectivity index (χ0) is 15.9. The average molecular weight is 306 g/mol. The molecule has 0 saturated carbocycles. The van der Waals surface area contributed by atoms with Gasteiger partial charge < -0.3 is 9.64 Å². The Morgan fingerprint density at radius 2 is 2.14 bits per heavy atom. The Hall–Kier alpha value is -2.44. The van der Waals surface area contributed by atoms with E-state index in [2.05, 4.69) is 10.1 Å². The first-order valence-corrected chi connectivity index (χ1v) is 7.05. The van der Waals surface area contributed by atoms with Crippen LogP contribution in [0.1, 0.15) is 19.4 Å². The number of likely N-dealkylation sites (N-methyl/N-ethyl adjacent to an activating group) is 1. The fraction of sp³-hybridized carbons (Fsp3) is 0.400. The molecule has 0 aliphatic heterocycles. The fourth-order valence-electron chi connectivity index (χ4n) is 1.98. The van der Waals surface area contributed by atoms with Crippen molar-refractivity contribution in [1.82, 2.24) is 19.7 Å². The van der Waals surface area contributed by atoms with Gasteiger partial charge in [0.15, 0.2) is 0 Å². The van der Waals surface area contributed by atoms with Crippen LogP contribution in [0.3, 0.4) is 0 Å². The van der Waals surface area contributed by atoms with Gasteiger partial charge in [0.2, 0.25) is 5.91 Å². The normalized spacial score (nSPS) is 12.0. The van der Waals surface area contributed by atoms with Crippen LogP contribution in [0.5, 0.6) is 5.75 Å². The molecule has 0 saturated heterocycles. The van der Waals surface area contributed by atoms with E-state index in [0.717, 1.165) is 0 Å². The van der Waals surface area contributed by atoms with Gasteiger partial charge in [0.05, 0.1) is 6.61 Å². The molecule has 1 unspecified atom stereocenters. The van der Waals surface area contributed by atoms with Crippen LogP contribution in [0.4, 0.5) is 4.39 Å². The number of hydrogen-bond donors (Lipinski definition) is 0. The molecule has 1 aromatic heterocycles. The van der Waals surface area contributed by atoms with E-state index in [-0.39, 0.29) is 17.8 Å². The van der Waals surface area contributed by atoms with Crippen LogP contribution in [0.25, 0.3) is 0 Å². The number of benzene rings is 1. The maximum absolute atomic E-state index is 12.8. The van der Waals surface area contributed by atoms with E-state index in [1.165, 1.54) is 29.5 Å². The lowest BCUT2D eigenvalue weighted by Crippen LogP contribution is -2.34. The van der Waals surface area contributed by atoms with Crippen molar-refractivity contribution in [2.75, 3.05) is 20.2 Å². The molecule has 0 aliphatic carbocycles. The van der Waals surface area contributed by atoms with E-state index in [0.29, 0.717) is 25.3 Å². The van der Waals surface area contributed by atoms with Crippen molar-refractivity contribution in [2.24, 2.45) is 0 Å². The largest absolute Gasteiger partial charge is 0.494 e. The highest BCUT2D eigenvalue weighted by Gasteiger charge is 2.19. The Labute approximate surface area is 128 Å². The van der Waals surface area contributed by atoms with Gasteiger partial charge in [-0.25, -0.2) is 14.1 Å². The van der Waals surface area contributed by atoms with E-state index >= 15 is 0 Å². The SMILES string of the molecule is CC(C(=O)N(C)CCCOc1ccc(F)cc1)n1cncn1. The van der Waals surface area contributed by atoms with Crippen LogP contribution >= 0.6 is 0 Å². The standard InChI is InChI=1S/C15H19FN4O2/c1-12(20-11-17-10-18-20)15(21)19(2)8-3-9-22-14-6-4-13(16)5-7-14/h4-7,10-12H,3,8-9H2,1-2H3. The smallest absolute Gasteiger partial charge is 0.246 e. The van der Waals surface area contributed by atoms with Crippen molar-refractivity contribution in [1.29, 1.82) is 0 Å². The zero-order valence-corrected chi connectivity index (χ0v) is 12.6. The molecule has 0 radical (unpaired) electrons. The molecule has 0 spiro atoms. The maximum atomic E-state index is 12.8. The molecular formula is C15H19FN4O2. The molecule has 0 N–H and O–H groups in total. The topological polar surface area (TPSA) is 60.2 Å². The number of carbonyl (C=O) groups is 1. The van der Waals surface area contributed by atoms with Crippen LogP contribution in [0.15, 0.2) is 36.9 Å². The Morgan fingerprint density at radius 3 is 2.77 bits per heavy atom. The number of amides is 1. The molecule has 1 amide bonds. The maximum Gasteiger partial charge on any atom is 0.246 e. The first-order chi connectivity index (χ1) is 10.6. The van der Waals surface area contributed by atoms with Gasteiger partial charge in [-0.05, 0) is 37.6 Å². The highest BCUT2D eigenvalue weighted by molar-refractivity contribution is 5.79. The molecule has 1 atom stereocenters. The van der Waals surface area contributed by atoms with Gasteiger partial charge in [-0.1, -0.05) is 0 Å². The summed E-state index contributed by atoms with van der Waals surface area (Å²) in [5.74, 6) is 0.290. The minimum Gasteiger partial charge on any atom is -0.494 e. The van der Waals surface area contributed by atoms with Gasteiger partial charge in [0.25, 0.3) is 0 Å². The Balaban J connectivity index is 1.72. The third-order valence-corrected chi connectivity index (χ3v) is 3.29. The van der Waals surface area contributed by atoms with Gasteiger partial charge in [0.1, 0.15) is 30.3 Å². The number of rotatable bonds is 7. The number of hydrogen-bond acceptors (Lipinski definition) is 4. The third-order valence-electron chi connectivity index (χ3n) is 3.29. The van der Waals surface area contributed by atoms with Gasteiger partial charge in [-0.15, -0.1) is 0 Å². The van der Waals surface area contributed by atoms with Crippen molar-refractivity contribution in [3.8, 4) is 5.75 Å². The average Bonchev–Trinajstić information content (AvgIpc) is 3.06. The summed E-state index contributed by atoms with van der Waals surface area (Å²) in [5, 5.41) is 3.97. The molecular weight excluding hydrogens is 287 g/mol. The predicted octanol–water partition coefficient (Wildman–Crippen LogP) is 1.91. The number of carbonyl (C=O) groups excluding carboxylic acids is 1. The predicted molar refractivity (Wildman–Crippen MR) is 78.9 cm³/mol. The second-order valence-corrected chi connectivity index (χ2v) is 4.97. The summed E-state index contributed by atoms with van der Waals surface area (Å²) in [6.07, 6.45) is 3.61. The lowest BCUT2D eigenvalue weighted by Gasteiger charge is -2.21. The van der Waals surface area contributed by atoms with Crippen molar-refractivity contribution >= 4 is 5.91 Å². The summed E-state index contributed by atoms with van der Waals surface area (Å²) in [6, 6.07) is 5.48. The van der Waals surface area contributed by atoms with Crippen LogP contribution in [-0.4, -0.2) is 45.8 Å². The molecule has 1 heterocycles. The van der Waals surface area contributed by atoms with Crippen LogP contribution in [-0.2, 0) is 4.79 Å². The van der Waals surface area contributed by atoms with Gasteiger partial charge in [-0.2, -0.15) is 5.10 Å². The van der Waals surface area contributed by atoms with Crippen molar-refractivity contribution < 1.29 is 13.9 Å². The number of aromatic nitrogens is 3. The lowest BCUT2D eigenvalue weighted by atomic mass is 10.3. The van der Waals surface area contributed by atoms with Crippen LogP contribution < -0.4 is 4.74 Å². The Morgan fingerprint density at radius 1 is 1.41 bits per heavy atom. The molecule has 0 bridgehead atoms. The summed E-state index contributed by atoms with van der Waals surface area (Å²) < 4.78 is 19.8. The van der Waals surface area contributed by atoms with Gasteiger partial charge in [0, 0.05) is 13.6 Å². The van der Waals surface area contributed by atoms with E-state index < -0.39 is 0 Å². The quantitative estimate of drug-likeness (QED) is 0.733. The molecule has 1 aromatic carbocycles. The van der Waals surface area contributed by atoms with Crippen molar-refractivity contribution in [3.05, 3.63) is 42.7 Å². The monoisotopic (exact) mass is 306 g/mol. The van der Waals surface area contributed by atoms with Crippen molar-refractivity contribution in [2.45, 2.75) is 19.4 Å². The fourth-order valence-corrected chi connectivity index (χ4v) is 1.98. The van der Waals surface area contributed by atoms with Crippen molar-refractivity contribution in [3.63, 3.8) is 0 Å². The van der Waals surface area contributed by atoms with Gasteiger partial charge >= 0.3 is 0 Å². The Bertz CT molecular complexity index is 586. The summed E-state index contributed by atoms with van der Waals surface area (Å²) in [5.41, 5.74) is 0. The van der Waals surface area contributed by atoms with E-state index in [4.69, 9.17) is 4.74 Å². The van der Waals surface area contributed by atoms with E-state index in [1.54, 1.807) is 31.0 Å². The minimum absolute atomic E-state index is 0.0349. The first-order valence-electron chi connectivity index (χ1n) is 7.05. The number of ether oxygens (including phenoxy) is 1. The molecule has 2 aromatic rings. The third kappa shape index (κ3) is 4.28. The Kier molecular flexibility index (Phi) is 5.46. The molecule has 7 heteroatoms. The lowest BCUT2D eigenvalue weighted by molar-refractivity contribution is -0.133. The number of nitrogens with zero attached hydrogens (tertiary/aromatic N) is 4.